The lowest BCUT2D eigenvalue weighted by atomic mass is 9.78. The number of hydrogen-bond donors (Lipinski definition) is 4. The van der Waals surface area contributed by atoms with Gasteiger partial charge in [-0.15, -0.1) is 0 Å². The minimum Gasteiger partial charge on any atom is -0.491 e. The summed E-state index contributed by atoms with van der Waals surface area (Å²) in [5.74, 6) is -0.809. The molecule has 0 aromatic heterocycles. The highest BCUT2D eigenvalue weighted by Gasteiger charge is 2.23. The summed E-state index contributed by atoms with van der Waals surface area (Å²) in [5, 5.41) is 37.8. The van der Waals surface area contributed by atoms with Crippen LogP contribution in [0.2, 0.25) is 0 Å². The summed E-state index contributed by atoms with van der Waals surface area (Å²) in [5.41, 5.74) is 2.18. The number of rotatable bonds is 14. The number of benzene rings is 2. The third-order valence-corrected chi connectivity index (χ3v) is 6.10. The van der Waals surface area contributed by atoms with Crippen molar-refractivity contribution in [3.63, 3.8) is 0 Å². The number of carboxylic acid groups (broad SMARTS) is 2. The Morgan fingerprint density at radius 1 is 0.730 bits per heavy atom. The lowest BCUT2D eigenvalue weighted by molar-refractivity contribution is -0.133. The van der Waals surface area contributed by atoms with Gasteiger partial charge in [-0.3, -0.25) is 0 Å². The molecular weight excluding hydrogens is 476 g/mol. The minimum absolute atomic E-state index is 0.0533. The summed E-state index contributed by atoms with van der Waals surface area (Å²) in [6.07, 6.45) is 1.73. The van der Waals surface area contributed by atoms with Crippen LogP contribution in [0.5, 0.6) is 11.5 Å². The molecule has 200 valence electrons. The fourth-order valence-electron chi connectivity index (χ4n) is 3.42. The monoisotopic (exact) mass is 512 g/mol. The first kappa shape index (κ1) is 29.6. The molecule has 2 aromatic rings. The summed E-state index contributed by atoms with van der Waals surface area (Å²) < 4.78 is 11.3. The summed E-state index contributed by atoms with van der Waals surface area (Å²) in [7, 11) is 0. The van der Waals surface area contributed by atoms with E-state index in [0.29, 0.717) is 11.5 Å². The first-order valence-electron chi connectivity index (χ1n) is 12.0. The highest BCUT2D eigenvalue weighted by Crippen LogP contribution is 2.33. The average molecular weight is 513 g/mol. The smallest absolute Gasteiger partial charge is 0.330 e. The maximum Gasteiger partial charge on any atom is 0.330 e. The lowest BCUT2D eigenvalue weighted by Crippen LogP contribution is -2.20. The van der Waals surface area contributed by atoms with Crippen molar-refractivity contribution in [1.82, 2.24) is 0 Å². The maximum atomic E-state index is 10.8. The van der Waals surface area contributed by atoms with Crippen molar-refractivity contribution in [2.45, 2.75) is 58.2 Å². The maximum absolute atomic E-state index is 10.8. The number of aliphatic hydroxyl groups is 2. The molecule has 2 aromatic carbocycles. The van der Waals surface area contributed by atoms with Crippen LogP contribution in [-0.4, -0.2) is 57.8 Å². The van der Waals surface area contributed by atoms with Crippen molar-refractivity contribution in [1.29, 1.82) is 0 Å². The van der Waals surface area contributed by atoms with Crippen LogP contribution in [0.15, 0.2) is 71.8 Å². The lowest BCUT2D eigenvalue weighted by Gasteiger charge is -2.26. The van der Waals surface area contributed by atoms with Gasteiger partial charge in [-0.1, -0.05) is 50.3 Å². The van der Waals surface area contributed by atoms with E-state index >= 15 is 0 Å². The molecule has 0 spiro atoms. The first-order valence-corrected chi connectivity index (χ1v) is 12.0. The van der Waals surface area contributed by atoms with Gasteiger partial charge in [0.15, 0.2) is 0 Å². The Balaban J connectivity index is 1.92. The molecule has 0 aliphatic rings. The second-order valence-corrected chi connectivity index (χ2v) is 9.46. The van der Waals surface area contributed by atoms with E-state index in [1.807, 2.05) is 48.5 Å². The topological polar surface area (TPSA) is 134 Å². The fraction of sp³-hybridized carbons (Fsp3) is 0.379. The number of hydrogen-bond acceptors (Lipinski definition) is 6. The Kier molecular flexibility index (Phi) is 10.9. The summed E-state index contributed by atoms with van der Waals surface area (Å²) in [6.45, 7) is 7.26. The number of aliphatic carboxylic acids is 2. The van der Waals surface area contributed by atoms with Gasteiger partial charge in [-0.2, -0.15) is 0 Å². The van der Waals surface area contributed by atoms with Gasteiger partial charge in [-0.05, 0) is 62.1 Å². The molecule has 8 nitrogen and oxygen atoms in total. The van der Waals surface area contributed by atoms with Crippen LogP contribution in [0, 0.1) is 0 Å². The molecule has 0 amide bonds. The highest BCUT2D eigenvalue weighted by atomic mass is 16.5. The molecule has 2 atom stereocenters. The van der Waals surface area contributed by atoms with Gasteiger partial charge in [0.25, 0.3) is 0 Å². The van der Waals surface area contributed by atoms with Gasteiger partial charge in [0.1, 0.15) is 24.7 Å². The molecule has 0 fully saturated rings. The van der Waals surface area contributed by atoms with Crippen LogP contribution in [0.25, 0.3) is 0 Å². The van der Waals surface area contributed by atoms with Crippen LogP contribution in [0.1, 0.15) is 51.7 Å². The van der Waals surface area contributed by atoms with E-state index in [4.69, 9.17) is 19.7 Å². The number of carbonyl (C=O) groups is 2. The number of aliphatic hydroxyl groups excluding tert-OH is 2. The molecule has 4 N–H and O–H groups in total. The zero-order valence-electron chi connectivity index (χ0n) is 21.7. The zero-order valence-corrected chi connectivity index (χ0v) is 21.7. The Morgan fingerprint density at radius 3 is 1.35 bits per heavy atom. The minimum atomic E-state index is -1.01. The van der Waals surface area contributed by atoms with E-state index in [-0.39, 0.29) is 42.6 Å². The van der Waals surface area contributed by atoms with Crippen LogP contribution in [0.4, 0.5) is 0 Å². The van der Waals surface area contributed by atoms with E-state index in [1.165, 1.54) is 26.0 Å². The molecule has 0 saturated carbocycles. The summed E-state index contributed by atoms with van der Waals surface area (Å²) in [6, 6.07) is 15.2. The fourth-order valence-corrected chi connectivity index (χ4v) is 3.42. The predicted octanol–water partition coefficient (Wildman–Crippen LogP) is 4.33. The quantitative estimate of drug-likeness (QED) is 0.275. The van der Waals surface area contributed by atoms with Crippen molar-refractivity contribution in [2.75, 3.05) is 13.2 Å². The van der Waals surface area contributed by atoms with Crippen molar-refractivity contribution in [3.05, 3.63) is 83.0 Å². The van der Waals surface area contributed by atoms with Crippen LogP contribution >= 0.6 is 0 Å². The highest BCUT2D eigenvalue weighted by molar-refractivity contribution is 5.86. The third-order valence-electron chi connectivity index (χ3n) is 6.10. The molecule has 8 heteroatoms. The molecule has 0 radical (unpaired) electrons. The molecule has 0 bridgehead atoms. The standard InChI is InChI=1S/C29H36O8/c1-19(27(32)33)5-11-23(30)17-36-25-13-7-21(8-14-25)29(3,4)22-9-15-26(16-10-22)37-18-24(31)12-6-20(2)28(34)35/h5-10,13-16,23-24,30-31H,11-12,17-18H2,1-4H3,(H,32,33)(H,34,35)/b19-5+,20-6+. The van der Waals surface area contributed by atoms with E-state index in [1.54, 1.807) is 0 Å². The Morgan fingerprint density at radius 2 is 1.05 bits per heavy atom. The number of ether oxygens (including phenoxy) is 2. The first-order chi connectivity index (χ1) is 17.4. The second-order valence-electron chi connectivity index (χ2n) is 9.46. The molecule has 2 rings (SSSR count). The average Bonchev–Trinajstić information content (AvgIpc) is 2.88. The molecular formula is C29H36O8. The van der Waals surface area contributed by atoms with Crippen LogP contribution in [-0.2, 0) is 15.0 Å². The summed E-state index contributed by atoms with van der Waals surface area (Å²) in [4.78, 5) is 21.6. The normalized spacial score (nSPS) is 14.1. The van der Waals surface area contributed by atoms with E-state index in [9.17, 15) is 19.8 Å². The van der Waals surface area contributed by atoms with Crippen molar-refractivity contribution in [2.24, 2.45) is 0 Å². The molecule has 0 heterocycles. The third kappa shape index (κ3) is 9.40. The Hall–Kier alpha value is -3.62. The Bertz CT molecular complexity index is 1010. The Labute approximate surface area is 217 Å². The zero-order chi connectivity index (χ0) is 27.6. The predicted molar refractivity (Wildman–Crippen MR) is 140 cm³/mol. The van der Waals surface area contributed by atoms with Crippen molar-refractivity contribution < 1.29 is 39.5 Å². The molecule has 2 unspecified atom stereocenters. The van der Waals surface area contributed by atoms with Gasteiger partial charge < -0.3 is 29.9 Å². The molecule has 0 aliphatic heterocycles. The second kappa shape index (κ2) is 13.6. The van der Waals surface area contributed by atoms with E-state index in [0.717, 1.165) is 11.1 Å². The molecule has 37 heavy (non-hydrogen) atoms. The van der Waals surface area contributed by atoms with Gasteiger partial charge in [0, 0.05) is 16.6 Å². The SMILES string of the molecule is C/C(=C\CC(O)COc1ccc(C(C)(C)c2ccc(OCC(O)C/C=C(\C)C(=O)O)cc2)cc1)C(=O)O. The van der Waals surface area contributed by atoms with Crippen molar-refractivity contribution in [3.8, 4) is 11.5 Å². The largest absolute Gasteiger partial charge is 0.491 e. The van der Waals surface area contributed by atoms with Crippen LogP contribution in [0.3, 0.4) is 0 Å². The van der Waals surface area contributed by atoms with Crippen molar-refractivity contribution >= 4 is 11.9 Å². The van der Waals surface area contributed by atoms with Crippen LogP contribution < -0.4 is 9.47 Å². The van der Waals surface area contributed by atoms with Gasteiger partial charge in [-0.25, -0.2) is 9.59 Å². The van der Waals surface area contributed by atoms with E-state index < -0.39 is 24.1 Å². The molecule has 0 saturated heterocycles. The van der Waals surface area contributed by atoms with Gasteiger partial charge >= 0.3 is 11.9 Å². The summed E-state index contributed by atoms with van der Waals surface area (Å²) >= 11 is 0. The van der Waals surface area contributed by atoms with E-state index in [2.05, 4.69) is 13.8 Å². The van der Waals surface area contributed by atoms with Gasteiger partial charge in [0.05, 0.1) is 12.2 Å². The van der Waals surface area contributed by atoms with Gasteiger partial charge in [0.2, 0.25) is 0 Å². The molecule has 0 aliphatic carbocycles. The number of carboxylic acids is 2.